The lowest BCUT2D eigenvalue weighted by molar-refractivity contribution is -0.127. The quantitative estimate of drug-likeness (QED) is 0.827. The molecule has 106 valence electrons. The fourth-order valence-corrected chi connectivity index (χ4v) is 3.35. The van der Waals surface area contributed by atoms with Gasteiger partial charge in [-0.25, -0.2) is 8.42 Å². The Labute approximate surface area is 110 Å². The summed E-state index contributed by atoms with van der Waals surface area (Å²) >= 11 is 0. The Kier molecular flexibility index (Phi) is 4.60. The first kappa shape index (κ1) is 15.6. The van der Waals surface area contributed by atoms with Gasteiger partial charge in [-0.15, -0.1) is 0 Å². The Morgan fingerprint density at radius 3 is 2.33 bits per heavy atom. The molecule has 4 nitrogen and oxygen atoms in total. The summed E-state index contributed by atoms with van der Waals surface area (Å²) in [6.07, 6.45) is 1.77. The molecule has 1 unspecified atom stereocenters. The number of carbonyl (C=O) groups is 1. The van der Waals surface area contributed by atoms with Gasteiger partial charge in [0.15, 0.2) is 9.84 Å². The zero-order valence-electron chi connectivity index (χ0n) is 11.9. The van der Waals surface area contributed by atoms with E-state index in [1.54, 1.807) is 20.8 Å². The molecule has 1 heterocycles. The summed E-state index contributed by atoms with van der Waals surface area (Å²) in [5.41, 5.74) is -0.326. The third-order valence-electron chi connectivity index (χ3n) is 4.04. The Balaban J connectivity index is 2.67. The topological polar surface area (TPSA) is 63.2 Å². The molecule has 0 aliphatic carbocycles. The van der Waals surface area contributed by atoms with Crippen molar-refractivity contribution >= 4 is 15.6 Å². The van der Waals surface area contributed by atoms with Crippen LogP contribution in [0.4, 0.5) is 0 Å². The summed E-state index contributed by atoms with van der Waals surface area (Å²) in [6, 6.07) is 0. The largest absolute Gasteiger partial charge is 0.316 e. The molecule has 0 aromatic rings. The van der Waals surface area contributed by atoms with Gasteiger partial charge in [0.05, 0.1) is 10.5 Å². The molecule has 0 aromatic carbocycles. The van der Waals surface area contributed by atoms with Crippen LogP contribution >= 0.6 is 0 Å². The second kappa shape index (κ2) is 5.29. The summed E-state index contributed by atoms with van der Waals surface area (Å²) in [6.45, 7) is 8.59. The lowest BCUT2D eigenvalue weighted by atomic mass is 9.79. The molecule has 5 heteroatoms. The van der Waals surface area contributed by atoms with Crippen molar-refractivity contribution in [3.8, 4) is 0 Å². The summed E-state index contributed by atoms with van der Waals surface area (Å²) in [7, 11) is -3.20. The van der Waals surface area contributed by atoms with Gasteiger partial charge in [0.25, 0.3) is 0 Å². The van der Waals surface area contributed by atoms with Crippen LogP contribution in [0.5, 0.6) is 0 Å². The van der Waals surface area contributed by atoms with Crippen LogP contribution in [0.2, 0.25) is 0 Å². The third kappa shape index (κ3) is 3.12. The molecule has 1 N–H and O–H groups in total. The number of rotatable bonds is 5. The fraction of sp³-hybridized carbons (Fsp3) is 0.923. The highest BCUT2D eigenvalue weighted by Gasteiger charge is 2.40. The molecule has 1 aliphatic rings. The van der Waals surface area contributed by atoms with Gasteiger partial charge in [-0.2, -0.15) is 0 Å². The van der Waals surface area contributed by atoms with Crippen LogP contribution in [0, 0.1) is 5.41 Å². The molecule has 0 radical (unpaired) electrons. The van der Waals surface area contributed by atoms with Crippen molar-refractivity contribution in [1.29, 1.82) is 0 Å². The first-order valence-corrected chi connectivity index (χ1v) is 8.26. The predicted octanol–water partition coefficient (Wildman–Crippen LogP) is 1.55. The molecular weight excluding hydrogens is 250 g/mol. The molecule has 0 aromatic heterocycles. The minimum atomic E-state index is -3.20. The van der Waals surface area contributed by atoms with Gasteiger partial charge in [0, 0.05) is 18.4 Å². The lowest BCUT2D eigenvalue weighted by Gasteiger charge is -2.26. The Morgan fingerprint density at radius 2 is 1.94 bits per heavy atom. The molecule has 1 saturated heterocycles. The summed E-state index contributed by atoms with van der Waals surface area (Å²) in [5.74, 6) is 0.0692. The van der Waals surface area contributed by atoms with E-state index in [-0.39, 0.29) is 23.4 Å². The number of hydrogen-bond acceptors (Lipinski definition) is 4. The van der Waals surface area contributed by atoms with Gasteiger partial charge in [-0.05, 0) is 40.2 Å². The van der Waals surface area contributed by atoms with E-state index in [9.17, 15) is 13.2 Å². The summed E-state index contributed by atoms with van der Waals surface area (Å²) < 4.78 is 23.2. The van der Waals surface area contributed by atoms with Crippen LogP contribution in [-0.2, 0) is 14.6 Å². The molecule has 0 saturated carbocycles. The first-order chi connectivity index (χ1) is 8.15. The molecule has 1 rings (SSSR count). The van der Waals surface area contributed by atoms with E-state index in [1.165, 1.54) is 0 Å². The third-order valence-corrected chi connectivity index (χ3v) is 6.65. The Morgan fingerprint density at radius 1 is 1.33 bits per heavy atom. The molecule has 1 fully saturated rings. The zero-order chi connectivity index (χ0) is 14.0. The van der Waals surface area contributed by atoms with Crippen molar-refractivity contribution in [1.82, 2.24) is 5.32 Å². The number of nitrogens with one attached hydrogen (secondary N) is 1. The van der Waals surface area contributed by atoms with Crippen molar-refractivity contribution < 1.29 is 13.2 Å². The molecule has 1 atom stereocenters. The van der Waals surface area contributed by atoms with Crippen LogP contribution in [0.1, 0.15) is 47.0 Å². The Hall–Kier alpha value is -0.420. The minimum absolute atomic E-state index is 0.0307. The number of hydrogen-bond donors (Lipinski definition) is 1. The minimum Gasteiger partial charge on any atom is -0.316 e. The maximum atomic E-state index is 12.3. The van der Waals surface area contributed by atoms with Gasteiger partial charge < -0.3 is 5.32 Å². The van der Waals surface area contributed by atoms with Crippen LogP contribution in [0.3, 0.4) is 0 Å². The highest BCUT2D eigenvalue weighted by atomic mass is 32.2. The van der Waals surface area contributed by atoms with Crippen molar-refractivity contribution in [2.45, 2.75) is 51.7 Å². The first-order valence-electron chi connectivity index (χ1n) is 6.61. The second-order valence-corrected chi connectivity index (χ2v) is 9.03. The standard InChI is InChI=1S/C13H25NO3S/c1-5-13(7-8-14-10-13)11(15)6-9-18(16,17)12(2,3)4/h14H,5-10H2,1-4H3. The number of Topliss-reactive ketones (excluding diaryl/α,β-unsaturated/α-hetero) is 1. The van der Waals surface area contributed by atoms with Gasteiger partial charge in [-0.1, -0.05) is 6.92 Å². The number of sulfone groups is 1. The molecule has 1 aliphatic heterocycles. The van der Waals surface area contributed by atoms with E-state index in [0.717, 1.165) is 19.4 Å². The van der Waals surface area contributed by atoms with Crippen LogP contribution < -0.4 is 5.32 Å². The Bertz CT molecular complexity index is 400. The van der Waals surface area contributed by atoms with Crippen LogP contribution in [-0.4, -0.2) is 37.8 Å². The lowest BCUT2D eigenvalue weighted by Crippen LogP contribution is -2.36. The average molecular weight is 275 g/mol. The monoisotopic (exact) mass is 275 g/mol. The second-order valence-electron chi connectivity index (χ2n) is 6.17. The van der Waals surface area contributed by atoms with Crippen molar-refractivity contribution in [3.05, 3.63) is 0 Å². The van der Waals surface area contributed by atoms with Crippen molar-refractivity contribution in [3.63, 3.8) is 0 Å². The summed E-state index contributed by atoms with van der Waals surface area (Å²) in [4.78, 5) is 12.3. The van der Waals surface area contributed by atoms with Crippen molar-refractivity contribution in [2.75, 3.05) is 18.8 Å². The average Bonchev–Trinajstić information content (AvgIpc) is 2.74. The molecule has 0 spiro atoms. The van der Waals surface area contributed by atoms with Gasteiger partial charge in [0.2, 0.25) is 0 Å². The molecule has 0 amide bonds. The molecule has 18 heavy (non-hydrogen) atoms. The number of carbonyl (C=O) groups excluding carboxylic acids is 1. The number of ketones is 1. The maximum absolute atomic E-state index is 12.3. The molecular formula is C13H25NO3S. The van der Waals surface area contributed by atoms with Gasteiger partial charge >= 0.3 is 0 Å². The maximum Gasteiger partial charge on any atom is 0.155 e. The van der Waals surface area contributed by atoms with E-state index < -0.39 is 14.6 Å². The van der Waals surface area contributed by atoms with Crippen LogP contribution in [0.25, 0.3) is 0 Å². The highest BCUT2D eigenvalue weighted by Crippen LogP contribution is 2.32. The van der Waals surface area contributed by atoms with E-state index >= 15 is 0 Å². The van der Waals surface area contributed by atoms with E-state index in [1.807, 2.05) is 6.92 Å². The molecule has 0 bridgehead atoms. The van der Waals surface area contributed by atoms with Crippen LogP contribution in [0.15, 0.2) is 0 Å². The van der Waals surface area contributed by atoms with E-state index in [4.69, 9.17) is 0 Å². The van der Waals surface area contributed by atoms with Gasteiger partial charge in [0.1, 0.15) is 5.78 Å². The van der Waals surface area contributed by atoms with E-state index in [0.29, 0.717) is 6.54 Å². The van der Waals surface area contributed by atoms with Crippen molar-refractivity contribution in [2.24, 2.45) is 5.41 Å². The smallest absolute Gasteiger partial charge is 0.155 e. The highest BCUT2D eigenvalue weighted by molar-refractivity contribution is 7.92. The van der Waals surface area contributed by atoms with Gasteiger partial charge in [-0.3, -0.25) is 4.79 Å². The fourth-order valence-electron chi connectivity index (χ4n) is 2.28. The predicted molar refractivity (Wildman–Crippen MR) is 73.4 cm³/mol. The SMILES string of the molecule is CCC1(C(=O)CCS(=O)(=O)C(C)(C)C)CCNC1. The zero-order valence-corrected chi connectivity index (χ0v) is 12.7. The van der Waals surface area contributed by atoms with E-state index in [2.05, 4.69) is 5.32 Å². The summed E-state index contributed by atoms with van der Waals surface area (Å²) in [5, 5.41) is 3.20. The normalized spacial score (nSPS) is 25.3.